The zero-order valence-corrected chi connectivity index (χ0v) is 5.76. The Morgan fingerprint density at radius 3 is 1.89 bits per heavy atom. The van der Waals surface area contributed by atoms with Gasteiger partial charge in [0.25, 0.3) is 5.95 Å². The molecule has 0 aromatic heterocycles. The van der Waals surface area contributed by atoms with Crippen molar-refractivity contribution in [2.75, 3.05) is 14.2 Å². The first-order valence-corrected chi connectivity index (χ1v) is 2.45. The first kappa shape index (κ1) is 7.83. The normalized spacial score (nSPS) is 7.33. The van der Waals surface area contributed by atoms with Crippen LogP contribution in [-0.2, 0) is 9.47 Å². The Labute approximate surface area is 54.5 Å². The Morgan fingerprint density at radius 2 is 1.78 bits per heavy atom. The number of ether oxygens (including phenoxy) is 2. The highest BCUT2D eigenvalue weighted by Gasteiger charge is 1.98. The zero-order chi connectivity index (χ0) is 7.28. The van der Waals surface area contributed by atoms with Crippen molar-refractivity contribution in [1.29, 1.82) is 5.26 Å². The van der Waals surface area contributed by atoms with Gasteiger partial charge >= 0.3 is 0 Å². The highest BCUT2D eigenvalue weighted by atomic mass is 16.7. The van der Waals surface area contributed by atoms with Crippen molar-refractivity contribution in [3.05, 3.63) is 11.5 Å². The number of nitrogens with zero attached hydrogens (tertiary/aromatic N) is 1. The van der Waals surface area contributed by atoms with Crippen molar-refractivity contribution >= 4 is 0 Å². The minimum atomic E-state index is 0.275. The quantitative estimate of drug-likeness (QED) is 0.411. The van der Waals surface area contributed by atoms with Crippen LogP contribution in [-0.4, -0.2) is 14.2 Å². The van der Waals surface area contributed by atoms with Crippen molar-refractivity contribution < 1.29 is 9.47 Å². The van der Waals surface area contributed by atoms with Crippen LogP contribution in [0.2, 0.25) is 0 Å². The smallest absolute Gasteiger partial charge is 0.292 e. The highest BCUT2D eigenvalue weighted by molar-refractivity contribution is 5.18. The minimum Gasteiger partial charge on any atom is -0.468 e. The van der Waals surface area contributed by atoms with Crippen LogP contribution in [0.3, 0.4) is 0 Å². The topological polar surface area (TPSA) is 42.2 Å². The molecular weight excluding hydrogens is 118 g/mol. The van der Waals surface area contributed by atoms with Crippen molar-refractivity contribution in [3.8, 4) is 6.07 Å². The van der Waals surface area contributed by atoms with Crippen molar-refractivity contribution in [1.82, 2.24) is 0 Å². The number of allylic oxidation sites excluding steroid dienone is 1. The summed E-state index contributed by atoms with van der Waals surface area (Å²) in [6.07, 6.45) is 0. The molecule has 9 heavy (non-hydrogen) atoms. The molecule has 0 amide bonds. The predicted molar refractivity (Wildman–Crippen MR) is 32.3 cm³/mol. The number of hydrogen-bond acceptors (Lipinski definition) is 3. The molecule has 0 saturated carbocycles. The van der Waals surface area contributed by atoms with Gasteiger partial charge < -0.3 is 9.47 Å². The van der Waals surface area contributed by atoms with Gasteiger partial charge in [-0.25, -0.2) is 0 Å². The summed E-state index contributed by atoms with van der Waals surface area (Å²) in [6, 6.07) is 1.90. The monoisotopic (exact) mass is 127 g/mol. The molecule has 0 saturated heterocycles. The summed E-state index contributed by atoms with van der Waals surface area (Å²) >= 11 is 0. The molecule has 0 N–H and O–H groups in total. The number of hydrogen-bond donors (Lipinski definition) is 0. The summed E-state index contributed by atoms with van der Waals surface area (Å²) in [5.41, 5.74) is 0.444. The van der Waals surface area contributed by atoms with E-state index in [1.807, 2.05) is 6.07 Å². The van der Waals surface area contributed by atoms with Crippen LogP contribution in [0.5, 0.6) is 0 Å². The lowest BCUT2D eigenvalue weighted by Gasteiger charge is -2.02. The molecule has 0 fully saturated rings. The van der Waals surface area contributed by atoms with Crippen LogP contribution < -0.4 is 0 Å². The lowest BCUT2D eigenvalue weighted by atomic mass is 10.4. The van der Waals surface area contributed by atoms with Gasteiger partial charge in [-0.2, -0.15) is 5.26 Å². The van der Waals surface area contributed by atoms with Gasteiger partial charge in [0.05, 0.1) is 14.2 Å². The van der Waals surface area contributed by atoms with Gasteiger partial charge in [0.15, 0.2) is 0 Å². The molecule has 0 aliphatic heterocycles. The molecule has 0 radical (unpaired) electrons. The molecule has 0 heterocycles. The third-order valence-corrected chi connectivity index (χ3v) is 0.845. The third kappa shape index (κ3) is 2.04. The summed E-state index contributed by atoms with van der Waals surface area (Å²) in [5, 5.41) is 8.30. The summed E-state index contributed by atoms with van der Waals surface area (Å²) in [7, 11) is 2.92. The van der Waals surface area contributed by atoms with E-state index in [4.69, 9.17) is 5.26 Å². The fourth-order valence-electron chi connectivity index (χ4n) is 0.435. The molecule has 0 bridgehead atoms. The number of methoxy groups -OCH3 is 2. The van der Waals surface area contributed by atoms with E-state index < -0.39 is 0 Å². The first-order chi connectivity index (χ1) is 4.26. The van der Waals surface area contributed by atoms with Gasteiger partial charge in [-0.05, 0) is 6.92 Å². The van der Waals surface area contributed by atoms with Crippen LogP contribution in [0, 0.1) is 11.3 Å². The molecule has 0 aromatic carbocycles. The van der Waals surface area contributed by atoms with Gasteiger partial charge in [-0.1, -0.05) is 0 Å². The van der Waals surface area contributed by atoms with Crippen molar-refractivity contribution in [2.24, 2.45) is 0 Å². The fourth-order valence-corrected chi connectivity index (χ4v) is 0.435. The first-order valence-electron chi connectivity index (χ1n) is 2.45. The van der Waals surface area contributed by atoms with E-state index in [0.717, 1.165) is 0 Å². The van der Waals surface area contributed by atoms with E-state index in [1.165, 1.54) is 14.2 Å². The Kier molecular flexibility index (Phi) is 3.29. The van der Waals surface area contributed by atoms with E-state index in [-0.39, 0.29) is 5.95 Å². The summed E-state index contributed by atoms with van der Waals surface area (Å²) in [5.74, 6) is 0.275. The van der Waals surface area contributed by atoms with Gasteiger partial charge in [0.1, 0.15) is 11.6 Å². The van der Waals surface area contributed by atoms with Crippen LogP contribution in [0.4, 0.5) is 0 Å². The second-order valence-electron chi connectivity index (χ2n) is 1.43. The molecule has 0 aromatic rings. The second kappa shape index (κ2) is 3.79. The molecular formula is C6H9NO2. The van der Waals surface area contributed by atoms with E-state index in [9.17, 15) is 0 Å². The maximum absolute atomic E-state index is 8.30. The molecule has 0 atom stereocenters. The van der Waals surface area contributed by atoms with Gasteiger partial charge in [0.2, 0.25) is 0 Å². The van der Waals surface area contributed by atoms with Crippen LogP contribution in [0.15, 0.2) is 11.5 Å². The molecule has 3 heteroatoms. The van der Waals surface area contributed by atoms with Gasteiger partial charge in [-0.3, -0.25) is 0 Å². The SMILES string of the molecule is COC(OC)=C(C)C#N. The Bertz CT molecular complexity index is 149. The van der Waals surface area contributed by atoms with E-state index >= 15 is 0 Å². The van der Waals surface area contributed by atoms with E-state index in [1.54, 1.807) is 6.92 Å². The molecule has 0 rings (SSSR count). The largest absolute Gasteiger partial charge is 0.468 e. The van der Waals surface area contributed by atoms with Crippen molar-refractivity contribution in [2.45, 2.75) is 6.92 Å². The summed E-state index contributed by atoms with van der Waals surface area (Å²) in [6.45, 7) is 1.63. The molecule has 50 valence electrons. The number of rotatable bonds is 2. The van der Waals surface area contributed by atoms with Gasteiger partial charge in [0, 0.05) is 0 Å². The van der Waals surface area contributed by atoms with Crippen molar-refractivity contribution in [3.63, 3.8) is 0 Å². The van der Waals surface area contributed by atoms with Crippen LogP contribution >= 0.6 is 0 Å². The number of nitriles is 1. The van der Waals surface area contributed by atoms with Crippen LogP contribution in [0.25, 0.3) is 0 Å². The fraction of sp³-hybridized carbons (Fsp3) is 0.500. The standard InChI is InChI=1S/C6H9NO2/c1-5(4-7)6(8-2)9-3/h1-3H3. The Hall–Kier alpha value is -1.17. The molecule has 0 spiro atoms. The average molecular weight is 127 g/mol. The maximum Gasteiger partial charge on any atom is 0.292 e. The lowest BCUT2D eigenvalue weighted by molar-refractivity contribution is 0.0924. The average Bonchev–Trinajstić information content (AvgIpc) is 1.90. The molecule has 0 unspecified atom stereocenters. The minimum absolute atomic E-state index is 0.275. The predicted octanol–water partition coefficient (Wildman–Crippen LogP) is 1.03. The highest BCUT2D eigenvalue weighted by Crippen LogP contribution is 2.02. The molecule has 3 nitrogen and oxygen atoms in total. The summed E-state index contributed by atoms with van der Waals surface area (Å²) in [4.78, 5) is 0. The Balaban J connectivity index is 4.23. The third-order valence-electron chi connectivity index (χ3n) is 0.845. The maximum atomic E-state index is 8.30. The second-order valence-corrected chi connectivity index (χ2v) is 1.43. The van der Waals surface area contributed by atoms with Gasteiger partial charge in [-0.15, -0.1) is 0 Å². The summed E-state index contributed by atoms with van der Waals surface area (Å²) < 4.78 is 9.37. The molecule has 0 aliphatic carbocycles. The zero-order valence-electron chi connectivity index (χ0n) is 5.76. The van der Waals surface area contributed by atoms with E-state index in [0.29, 0.717) is 5.57 Å². The lowest BCUT2D eigenvalue weighted by Crippen LogP contribution is -1.92. The van der Waals surface area contributed by atoms with E-state index in [2.05, 4.69) is 9.47 Å². The molecule has 0 aliphatic rings. The van der Waals surface area contributed by atoms with Crippen LogP contribution in [0.1, 0.15) is 6.92 Å². The Morgan fingerprint density at radius 1 is 1.33 bits per heavy atom.